The van der Waals surface area contributed by atoms with E-state index in [4.69, 9.17) is 4.74 Å². The van der Waals surface area contributed by atoms with Gasteiger partial charge in [-0.1, -0.05) is 20.8 Å². The van der Waals surface area contributed by atoms with Crippen molar-refractivity contribution in [2.75, 3.05) is 33.8 Å². The van der Waals surface area contributed by atoms with Crippen LogP contribution in [0.4, 0.5) is 0 Å². The first-order valence-electron chi connectivity index (χ1n) is 8.68. The average molecular weight is 438 g/mol. The van der Waals surface area contributed by atoms with Crippen LogP contribution < -0.4 is 10.6 Å². The third kappa shape index (κ3) is 6.74. The van der Waals surface area contributed by atoms with Crippen LogP contribution in [0.5, 0.6) is 0 Å². The van der Waals surface area contributed by atoms with Crippen molar-refractivity contribution < 1.29 is 4.74 Å². The van der Waals surface area contributed by atoms with Crippen molar-refractivity contribution in [3.05, 3.63) is 0 Å². The molecule has 0 amide bonds. The standard InChI is InChI=1S/C17H34N4O.HI/c1-17(2,3)15(22-5)12-19-16(18-4)20-13-8-10-21(11-9-13)14-6-7-14;/h13-15H,6-12H2,1-5H3,(H2,18,19,20);1H. The van der Waals surface area contributed by atoms with Gasteiger partial charge in [-0.25, -0.2) is 0 Å². The minimum Gasteiger partial charge on any atom is -0.379 e. The van der Waals surface area contributed by atoms with Gasteiger partial charge in [0.15, 0.2) is 5.96 Å². The van der Waals surface area contributed by atoms with Gasteiger partial charge in [0, 0.05) is 45.9 Å². The number of piperidine rings is 1. The summed E-state index contributed by atoms with van der Waals surface area (Å²) in [6.07, 6.45) is 5.41. The molecule has 0 aromatic carbocycles. The number of methoxy groups -OCH3 is 1. The number of nitrogens with zero attached hydrogens (tertiary/aromatic N) is 2. The predicted octanol–water partition coefficient (Wildman–Crippen LogP) is 2.46. The van der Waals surface area contributed by atoms with Crippen molar-refractivity contribution in [3.8, 4) is 0 Å². The van der Waals surface area contributed by atoms with Crippen LogP contribution in [0.25, 0.3) is 0 Å². The third-order valence-electron chi connectivity index (χ3n) is 4.86. The monoisotopic (exact) mass is 438 g/mol. The number of rotatable bonds is 5. The Hall–Kier alpha value is -0.0800. The Kier molecular flexibility index (Phi) is 8.58. The van der Waals surface area contributed by atoms with Gasteiger partial charge in [0.1, 0.15) is 0 Å². The van der Waals surface area contributed by atoms with E-state index in [1.54, 1.807) is 7.11 Å². The minimum atomic E-state index is 0. The summed E-state index contributed by atoms with van der Waals surface area (Å²) in [5, 5.41) is 6.99. The van der Waals surface area contributed by atoms with Gasteiger partial charge >= 0.3 is 0 Å². The van der Waals surface area contributed by atoms with Crippen molar-refractivity contribution in [1.29, 1.82) is 0 Å². The summed E-state index contributed by atoms with van der Waals surface area (Å²) < 4.78 is 5.60. The summed E-state index contributed by atoms with van der Waals surface area (Å²) in [7, 11) is 3.62. The number of aliphatic imine (C=N–C) groups is 1. The molecule has 5 nitrogen and oxygen atoms in total. The smallest absolute Gasteiger partial charge is 0.191 e. The minimum absolute atomic E-state index is 0. The van der Waals surface area contributed by atoms with Crippen molar-refractivity contribution >= 4 is 29.9 Å². The molecule has 0 bridgehead atoms. The molecule has 1 saturated heterocycles. The lowest BCUT2D eigenvalue weighted by molar-refractivity contribution is 0.0204. The molecule has 0 aromatic heterocycles. The molecule has 2 N–H and O–H groups in total. The molecule has 1 aliphatic carbocycles. The highest BCUT2D eigenvalue weighted by Crippen LogP contribution is 2.29. The van der Waals surface area contributed by atoms with E-state index >= 15 is 0 Å². The first kappa shape index (κ1) is 21.0. The van der Waals surface area contributed by atoms with Crippen LogP contribution in [-0.2, 0) is 4.74 Å². The fourth-order valence-corrected chi connectivity index (χ4v) is 3.17. The zero-order valence-corrected chi connectivity index (χ0v) is 17.7. The topological polar surface area (TPSA) is 48.9 Å². The Morgan fingerprint density at radius 3 is 2.26 bits per heavy atom. The van der Waals surface area contributed by atoms with E-state index in [2.05, 4.69) is 41.3 Å². The molecule has 1 unspecified atom stereocenters. The summed E-state index contributed by atoms with van der Waals surface area (Å²) in [6, 6.07) is 1.43. The van der Waals surface area contributed by atoms with E-state index in [1.165, 1.54) is 38.8 Å². The van der Waals surface area contributed by atoms with Crippen molar-refractivity contribution in [3.63, 3.8) is 0 Å². The fraction of sp³-hybridized carbons (Fsp3) is 0.941. The fourth-order valence-electron chi connectivity index (χ4n) is 3.17. The molecule has 1 aliphatic heterocycles. The largest absolute Gasteiger partial charge is 0.379 e. The normalized spacial score (nSPS) is 22.4. The van der Waals surface area contributed by atoms with E-state index < -0.39 is 0 Å². The second kappa shape index (κ2) is 9.42. The molecule has 1 atom stereocenters. The Balaban J connectivity index is 0.00000264. The first-order chi connectivity index (χ1) is 10.4. The van der Waals surface area contributed by atoms with Crippen LogP contribution in [0.1, 0.15) is 46.5 Å². The molecule has 1 heterocycles. The molecule has 1 saturated carbocycles. The highest BCUT2D eigenvalue weighted by molar-refractivity contribution is 14.0. The number of hydrogen-bond acceptors (Lipinski definition) is 3. The average Bonchev–Trinajstić information content (AvgIpc) is 3.30. The molecule has 0 spiro atoms. The summed E-state index contributed by atoms with van der Waals surface area (Å²) in [6.45, 7) is 9.83. The lowest BCUT2D eigenvalue weighted by Crippen LogP contribution is -2.51. The van der Waals surface area contributed by atoms with Crippen LogP contribution in [0, 0.1) is 5.41 Å². The van der Waals surface area contributed by atoms with Gasteiger partial charge in [-0.05, 0) is 31.1 Å². The Bertz CT molecular complexity index is 371. The highest BCUT2D eigenvalue weighted by Gasteiger charge is 2.32. The summed E-state index contributed by atoms with van der Waals surface area (Å²) >= 11 is 0. The molecule has 6 heteroatoms. The molecule has 2 rings (SSSR count). The highest BCUT2D eigenvalue weighted by atomic mass is 127. The van der Waals surface area contributed by atoms with E-state index in [1.807, 2.05) is 7.05 Å². The third-order valence-corrected chi connectivity index (χ3v) is 4.86. The number of hydrogen-bond donors (Lipinski definition) is 2. The van der Waals surface area contributed by atoms with Gasteiger partial charge in [-0.15, -0.1) is 24.0 Å². The van der Waals surface area contributed by atoms with E-state index in [0.29, 0.717) is 6.04 Å². The van der Waals surface area contributed by atoms with Crippen LogP contribution in [-0.4, -0.2) is 62.8 Å². The van der Waals surface area contributed by atoms with Crippen LogP contribution in [0.3, 0.4) is 0 Å². The van der Waals surface area contributed by atoms with Crippen molar-refractivity contribution in [1.82, 2.24) is 15.5 Å². The number of nitrogens with one attached hydrogen (secondary N) is 2. The molecule has 0 aromatic rings. The Morgan fingerprint density at radius 2 is 1.83 bits per heavy atom. The van der Waals surface area contributed by atoms with Gasteiger partial charge < -0.3 is 20.3 Å². The summed E-state index contributed by atoms with van der Waals surface area (Å²) in [5.41, 5.74) is 0.121. The first-order valence-corrected chi connectivity index (χ1v) is 8.68. The second-order valence-electron chi connectivity index (χ2n) is 7.73. The molecule has 23 heavy (non-hydrogen) atoms. The van der Waals surface area contributed by atoms with Crippen LogP contribution >= 0.6 is 24.0 Å². The van der Waals surface area contributed by atoms with Gasteiger partial charge in [0.2, 0.25) is 0 Å². The molecule has 2 aliphatic rings. The molecular weight excluding hydrogens is 403 g/mol. The number of halogens is 1. The lowest BCUT2D eigenvalue weighted by Gasteiger charge is -2.34. The molecule has 2 fully saturated rings. The van der Waals surface area contributed by atoms with Gasteiger partial charge in [-0.2, -0.15) is 0 Å². The number of ether oxygens (including phenoxy) is 1. The maximum absolute atomic E-state index is 5.60. The summed E-state index contributed by atoms with van der Waals surface area (Å²) in [4.78, 5) is 7.01. The quantitative estimate of drug-likeness (QED) is 0.394. The zero-order valence-electron chi connectivity index (χ0n) is 15.4. The Morgan fingerprint density at radius 1 is 1.22 bits per heavy atom. The van der Waals surface area contributed by atoms with Crippen molar-refractivity contribution in [2.24, 2.45) is 10.4 Å². The SMILES string of the molecule is CN=C(NCC(OC)C(C)(C)C)NC1CCN(C2CC2)CC1.I. The number of likely N-dealkylation sites (tertiary alicyclic amines) is 1. The molecule has 136 valence electrons. The van der Waals surface area contributed by atoms with E-state index in [-0.39, 0.29) is 35.5 Å². The molecular formula is C17H35IN4O. The zero-order chi connectivity index (χ0) is 16.2. The maximum atomic E-state index is 5.60. The van der Waals surface area contributed by atoms with Gasteiger partial charge in [0.05, 0.1) is 6.10 Å². The van der Waals surface area contributed by atoms with Crippen molar-refractivity contribution in [2.45, 2.75) is 64.6 Å². The van der Waals surface area contributed by atoms with E-state index in [9.17, 15) is 0 Å². The summed E-state index contributed by atoms with van der Waals surface area (Å²) in [5.74, 6) is 0.899. The van der Waals surface area contributed by atoms with Gasteiger partial charge in [-0.3, -0.25) is 4.99 Å². The van der Waals surface area contributed by atoms with Crippen LogP contribution in [0.2, 0.25) is 0 Å². The number of guanidine groups is 1. The Labute approximate surface area is 159 Å². The van der Waals surface area contributed by atoms with Crippen LogP contribution in [0.15, 0.2) is 4.99 Å². The molecule has 0 radical (unpaired) electrons. The second-order valence-corrected chi connectivity index (χ2v) is 7.73. The van der Waals surface area contributed by atoms with Gasteiger partial charge in [0.25, 0.3) is 0 Å². The van der Waals surface area contributed by atoms with E-state index in [0.717, 1.165) is 18.5 Å². The maximum Gasteiger partial charge on any atom is 0.191 e. The predicted molar refractivity (Wildman–Crippen MR) is 108 cm³/mol. The lowest BCUT2D eigenvalue weighted by atomic mass is 9.89.